The quantitative estimate of drug-likeness (QED) is 0.577. The summed E-state index contributed by atoms with van der Waals surface area (Å²) < 4.78 is 32.5. The Hall–Kier alpha value is -3.32. The average Bonchev–Trinajstić information content (AvgIpc) is 2.82. The van der Waals surface area contributed by atoms with Crippen LogP contribution in [-0.4, -0.2) is 53.5 Å². The zero-order chi connectivity index (χ0) is 22.5. The van der Waals surface area contributed by atoms with E-state index in [0.717, 1.165) is 11.1 Å². The normalized spacial score (nSPS) is 14.6. The van der Waals surface area contributed by atoms with Crippen molar-refractivity contribution in [2.24, 2.45) is 0 Å². The van der Waals surface area contributed by atoms with Gasteiger partial charge in [-0.15, -0.1) is 0 Å². The first kappa shape index (κ1) is 21.9. The number of carbonyl (C=O) groups is 1. The van der Waals surface area contributed by atoms with Crippen LogP contribution in [0.15, 0.2) is 66.9 Å². The standard InChI is InChI=1S/C25H25F2N3O2/c1-2-32-24-22(4-3-13-28-24)25(31)30-16-14-29(15-17-30)23(18-5-9-20(26)10-6-18)19-7-11-21(27)12-8-19/h3-13,23H,2,14-17H2,1H3. The van der Waals surface area contributed by atoms with Crippen LogP contribution in [0.5, 0.6) is 5.88 Å². The maximum absolute atomic E-state index is 13.5. The molecule has 2 heterocycles. The number of carbonyl (C=O) groups excluding carboxylic acids is 1. The molecule has 0 atom stereocenters. The predicted octanol–water partition coefficient (Wildman–Crippen LogP) is 4.31. The second-order valence-electron chi connectivity index (χ2n) is 7.62. The van der Waals surface area contributed by atoms with Crippen molar-refractivity contribution in [3.63, 3.8) is 0 Å². The Morgan fingerprint density at radius 1 is 0.938 bits per heavy atom. The highest BCUT2D eigenvalue weighted by Gasteiger charge is 2.29. The summed E-state index contributed by atoms with van der Waals surface area (Å²) in [5.41, 5.74) is 2.30. The Morgan fingerprint density at radius 2 is 1.50 bits per heavy atom. The van der Waals surface area contributed by atoms with Gasteiger partial charge < -0.3 is 9.64 Å². The summed E-state index contributed by atoms with van der Waals surface area (Å²) in [6.07, 6.45) is 1.61. The number of halogens is 2. The molecule has 0 bridgehead atoms. The van der Waals surface area contributed by atoms with Crippen molar-refractivity contribution in [2.75, 3.05) is 32.8 Å². The predicted molar refractivity (Wildman–Crippen MR) is 118 cm³/mol. The van der Waals surface area contributed by atoms with Gasteiger partial charge in [-0.3, -0.25) is 9.69 Å². The summed E-state index contributed by atoms with van der Waals surface area (Å²) >= 11 is 0. The molecule has 166 valence electrons. The fourth-order valence-corrected chi connectivity index (χ4v) is 4.06. The number of ether oxygens (including phenoxy) is 1. The highest BCUT2D eigenvalue weighted by molar-refractivity contribution is 5.96. The number of nitrogens with zero attached hydrogens (tertiary/aromatic N) is 3. The molecular weight excluding hydrogens is 412 g/mol. The van der Waals surface area contributed by atoms with Gasteiger partial charge in [0.25, 0.3) is 5.91 Å². The van der Waals surface area contributed by atoms with Crippen LogP contribution in [0.2, 0.25) is 0 Å². The Bertz CT molecular complexity index is 1000. The summed E-state index contributed by atoms with van der Waals surface area (Å²) in [6.45, 7) is 4.58. The first-order chi connectivity index (χ1) is 15.6. The molecule has 1 aromatic heterocycles. The van der Waals surface area contributed by atoms with Crippen molar-refractivity contribution in [3.05, 3.63) is 95.2 Å². The van der Waals surface area contributed by atoms with Crippen LogP contribution in [0.3, 0.4) is 0 Å². The van der Waals surface area contributed by atoms with Crippen LogP contribution < -0.4 is 4.74 Å². The first-order valence-corrected chi connectivity index (χ1v) is 10.7. The maximum Gasteiger partial charge on any atom is 0.259 e. The SMILES string of the molecule is CCOc1ncccc1C(=O)N1CCN(C(c2ccc(F)cc2)c2ccc(F)cc2)CC1. The lowest BCUT2D eigenvalue weighted by Crippen LogP contribution is -2.50. The molecule has 1 aliphatic rings. The molecule has 0 aliphatic carbocycles. The molecule has 0 unspecified atom stereocenters. The van der Waals surface area contributed by atoms with E-state index in [1.54, 1.807) is 47.5 Å². The second-order valence-corrected chi connectivity index (χ2v) is 7.62. The minimum Gasteiger partial charge on any atom is -0.477 e. The highest BCUT2D eigenvalue weighted by atomic mass is 19.1. The summed E-state index contributed by atoms with van der Waals surface area (Å²) in [4.78, 5) is 21.3. The van der Waals surface area contributed by atoms with Crippen molar-refractivity contribution in [3.8, 4) is 5.88 Å². The monoisotopic (exact) mass is 437 g/mol. The molecule has 2 aromatic carbocycles. The number of amides is 1. The molecule has 0 N–H and O–H groups in total. The Labute approximate surface area is 186 Å². The van der Waals surface area contributed by atoms with Crippen molar-refractivity contribution >= 4 is 5.91 Å². The summed E-state index contributed by atoms with van der Waals surface area (Å²) in [7, 11) is 0. The van der Waals surface area contributed by atoms with Crippen molar-refractivity contribution in [1.29, 1.82) is 0 Å². The number of rotatable bonds is 6. The van der Waals surface area contributed by atoms with Gasteiger partial charge in [0.05, 0.1) is 12.6 Å². The lowest BCUT2D eigenvalue weighted by Gasteiger charge is -2.39. The number of pyridine rings is 1. The van der Waals surface area contributed by atoms with Gasteiger partial charge in [-0.2, -0.15) is 0 Å². The largest absolute Gasteiger partial charge is 0.477 e. The molecule has 1 amide bonds. The Balaban J connectivity index is 1.53. The van der Waals surface area contributed by atoms with Gasteiger partial charge in [-0.1, -0.05) is 24.3 Å². The maximum atomic E-state index is 13.5. The molecule has 1 saturated heterocycles. The lowest BCUT2D eigenvalue weighted by molar-refractivity contribution is 0.0592. The smallest absolute Gasteiger partial charge is 0.259 e. The topological polar surface area (TPSA) is 45.7 Å². The highest BCUT2D eigenvalue weighted by Crippen LogP contribution is 2.30. The molecule has 0 spiro atoms. The molecule has 4 rings (SSSR count). The molecule has 32 heavy (non-hydrogen) atoms. The molecule has 7 heteroatoms. The molecule has 0 saturated carbocycles. The summed E-state index contributed by atoms with van der Waals surface area (Å²) in [6, 6.07) is 16.0. The van der Waals surface area contributed by atoms with E-state index >= 15 is 0 Å². The average molecular weight is 437 g/mol. The van der Waals surface area contributed by atoms with E-state index in [1.165, 1.54) is 24.3 Å². The zero-order valence-electron chi connectivity index (χ0n) is 17.9. The Kier molecular flexibility index (Phi) is 6.75. The van der Waals surface area contributed by atoms with Gasteiger partial charge in [0, 0.05) is 32.4 Å². The fraction of sp³-hybridized carbons (Fsp3) is 0.280. The number of aromatic nitrogens is 1. The summed E-state index contributed by atoms with van der Waals surface area (Å²) in [5, 5.41) is 0. The van der Waals surface area contributed by atoms with E-state index in [4.69, 9.17) is 4.74 Å². The van der Waals surface area contributed by atoms with E-state index in [-0.39, 0.29) is 23.6 Å². The van der Waals surface area contributed by atoms with Gasteiger partial charge in [-0.25, -0.2) is 13.8 Å². The number of piperazine rings is 1. The van der Waals surface area contributed by atoms with E-state index < -0.39 is 0 Å². The molecular formula is C25H25F2N3O2. The van der Waals surface area contributed by atoms with Crippen molar-refractivity contribution in [2.45, 2.75) is 13.0 Å². The number of hydrogen-bond acceptors (Lipinski definition) is 4. The third kappa shape index (κ3) is 4.78. The third-order valence-corrected chi connectivity index (χ3v) is 5.62. The summed E-state index contributed by atoms with van der Waals surface area (Å²) in [5.74, 6) is -0.369. The van der Waals surface area contributed by atoms with Crippen molar-refractivity contribution in [1.82, 2.24) is 14.8 Å². The van der Waals surface area contributed by atoms with Crippen LogP contribution >= 0.6 is 0 Å². The minimum absolute atomic E-state index is 0.110. The molecule has 0 radical (unpaired) electrons. The Morgan fingerprint density at radius 3 is 2.03 bits per heavy atom. The third-order valence-electron chi connectivity index (χ3n) is 5.62. The van der Waals surface area contributed by atoms with E-state index in [1.807, 2.05) is 6.92 Å². The molecule has 5 nitrogen and oxygen atoms in total. The first-order valence-electron chi connectivity index (χ1n) is 10.7. The van der Waals surface area contributed by atoms with Gasteiger partial charge in [0.15, 0.2) is 0 Å². The van der Waals surface area contributed by atoms with Crippen LogP contribution in [0.25, 0.3) is 0 Å². The second kappa shape index (κ2) is 9.87. The van der Waals surface area contributed by atoms with Crippen LogP contribution in [-0.2, 0) is 0 Å². The number of benzene rings is 2. The molecule has 1 aliphatic heterocycles. The van der Waals surface area contributed by atoms with Gasteiger partial charge in [0.1, 0.15) is 17.2 Å². The molecule has 1 fully saturated rings. The fourth-order valence-electron chi connectivity index (χ4n) is 4.06. The zero-order valence-corrected chi connectivity index (χ0v) is 17.9. The van der Waals surface area contributed by atoms with E-state index in [0.29, 0.717) is 44.2 Å². The van der Waals surface area contributed by atoms with E-state index in [9.17, 15) is 13.6 Å². The van der Waals surface area contributed by atoms with Crippen LogP contribution in [0.1, 0.15) is 34.5 Å². The van der Waals surface area contributed by atoms with Gasteiger partial charge >= 0.3 is 0 Å². The molecule has 3 aromatic rings. The van der Waals surface area contributed by atoms with Crippen molar-refractivity contribution < 1.29 is 18.3 Å². The minimum atomic E-state index is -0.302. The van der Waals surface area contributed by atoms with Crippen LogP contribution in [0.4, 0.5) is 8.78 Å². The van der Waals surface area contributed by atoms with Crippen LogP contribution in [0, 0.1) is 11.6 Å². The van der Waals surface area contributed by atoms with Gasteiger partial charge in [-0.05, 0) is 54.4 Å². The van der Waals surface area contributed by atoms with E-state index in [2.05, 4.69) is 9.88 Å². The lowest BCUT2D eigenvalue weighted by atomic mass is 9.96. The number of hydrogen-bond donors (Lipinski definition) is 0. The van der Waals surface area contributed by atoms with Gasteiger partial charge in [0.2, 0.25) is 5.88 Å².